The minimum Gasteiger partial charge on any atom is -0.339 e. The van der Waals surface area contributed by atoms with Crippen LogP contribution in [0.1, 0.15) is 30.4 Å². The number of benzene rings is 2. The van der Waals surface area contributed by atoms with Crippen molar-refractivity contribution in [2.45, 2.75) is 33.2 Å². The molecule has 0 bridgehead atoms. The Morgan fingerprint density at radius 3 is 2.76 bits per heavy atom. The Bertz CT molecular complexity index is 961. The zero-order valence-corrected chi connectivity index (χ0v) is 17.2. The minimum atomic E-state index is -0.279. The summed E-state index contributed by atoms with van der Waals surface area (Å²) in [6.45, 7) is 5.26. The lowest BCUT2D eigenvalue weighted by Gasteiger charge is -2.11. The molecule has 0 aliphatic rings. The molecule has 0 aliphatic carbocycles. The lowest BCUT2D eigenvalue weighted by Crippen LogP contribution is -2.17. The average Bonchev–Trinajstić information content (AvgIpc) is 3.17. The van der Waals surface area contributed by atoms with Gasteiger partial charge in [-0.1, -0.05) is 30.3 Å². The SMILES string of the molecule is CCNCc1ccccc1NC(=O)CCc1nc(-c2ccc(F)c(C)c2)no1.Cl. The molecule has 3 aromatic rings. The number of anilines is 1. The second-order valence-electron chi connectivity index (χ2n) is 6.46. The topological polar surface area (TPSA) is 80.0 Å². The highest BCUT2D eigenvalue weighted by atomic mass is 35.5. The van der Waals surface area contributed by atoms with Gasteiger partial charge in [0.15, 0.2) is 0 Å². The van der Waals surface area contributed by atoms with E-state index in [1.165, 1.54) is 6.07 Å². The Balaban J connectivity index is 0.00000300. The maximum absolute atomic E-state index is 13.4. The predicted molar refractivity (Wildman–Crippen MR) is 112 cm³/mol. The zero-order chi connectivity index (χ0) is 19.9. The van der Waals surface area contributed by atoms with Crippen LogP contribution >= 0.6 is 12.4 Å². The van der Waals surface area contributed by atoms with Gasteiger partial charge in [-0.2, -0.15) is 4.98 Å². The third-order valence-electron chi connectivity index (χ3n) is 4.31. The first kappa shape index (κ1) is 22.5. The number of aromatic nitrogens is 2. The smallest absolute Gasteiger partial charge is 0.227 e. The predicted octanol–water partition coefficient (Wildman–Crippen LogP) is 4.29. The number of halogens is 2. The fourth-order valence-corrected chi connectivity index (χ4v) is 2.75. The number of nitrogens with one attached hydrogen (secondary N) is 2. The molecule has 1 amide bonds. The summed E-state index contributed by atoms with van der Waals surface area (Å²) >= 11 is 0. The summed E-state index contributed by atoms with van der Waals surface area (Å²) in [6, 6.07) is 12.3. The Morgan fingerprint density at radius 1 is 1.21 bits per heavy atom. The molecule has 1 aromatic heterocycles. The van der Waals surface area contributed by atoms with Crippen molar-refractivity contribution in [1.82, 2.24) is 15.5 Å². The molecule has 8 heteroatoms. The third kappa shape index (κ3) is 6.10. The molecule has 0 spiro atoms. The number of para-hydroxylation sites is 1. The van der Waals surface area contributed by atoms with Gasteiger partial charge in [0, 0.05) is 30.6 Å². The van der Waals surface area contributed by atoms with Gasteiger partial charge < -0.3 is 15.2 Å². The first-order chi connectivity index (χ1) is 13.6. The summed E-state index contributed by atoms with van der Waals surface area (Å²) in [5.74, 6) is 0.349. The van der Waals surface area contributed by atoms with E-state index in [9.17, 15) is 9.18 Å². The van der Waals surface area contributed by atoms with Crippen molar-refractivity contribution in [3.05, 3.63) is 65.3 Å². The van der Waals surface area contributed by atoms with Crippen LogP contribution in [-0.2, 0) is 17.8 Å². The van der Waals surface area contributed by atoms with Gasteiger partial charge in [-0.25, -0.2) is 4.39 Å². The molecule has 0 radical (unpaired) electrons. The van der Waals surface area contributed by atoms with Crippen LogP contribution in [0.4, 0.5) is 10.1 Å². The summed E-state index contributed by atoms with van der Waals surface area (Å²) in [5.41, 5.74) is 3.01. The van der Waals surface area contributed by atoms with Crippen molar-refractivity contribution in [1.29, 1.82) is 0 Å². The van der Waals surface area contributed by atoms with Crippen LogP contribution in [0, 0.1) is 12.7 Å². The van der Waals surface area contributed by atoms with E-state index in [4.69, 9.17) is 4.52 Å². The maximum atomic E-state index is 13.4. The highest BCUT2D eigenvalue weighted by Gasteiger charge is 2.12. The van der Waals surface area contributed by atoms with Crippen LogP contribution in [0.5, 0.6) is 0 Å². The fourth-order valence-electron chi connectivity index (χ4n) is 2.75. The van der Waals surface area contributed by atoms with E-state index in [0.717, 1.165) is 17.8 Å². The molecule has 3 rings (SSSR count). The zero-order valence-electron chi connectivity index (χ0n) is 16.4. The van der Waals surface area contributed by atoms with Crippen molar-refractivity contribution in [3.8, 4) is 11.4 Å². The van der Waals surface area contributed by atoms with Gasteiger partial charge in [-0.05, 0) is 48.9 Å². The summed E-state index contributed by atoms with van der Waals surface area (Å²) < 4.78 is 18.6. The molecular weight excluding hydrogens is 395 g/mol. The van der Waals surface area contributed by atoms with Gasteiger partial charge in [0.25, 0.3) is 0 Å². The second-order valence-corrected chi connectivity index (χ2v) is 6.46. The van der Waals surface area contributed by atoms with E-state index < -0.39 is 0 Å². The first-order valence-corrected chi connectivity index (χ1v) is 9.24. The number of hydrogen-bond donors (Lipinski definition) is 2. The highest BCUT2D eigenvalue weighted by Crippen LogP contribution is 2.20. The number of carbonyl (C=O) groups excluding carboxylic acids is 1. The number of amides is 1. The molecular formula is C21H24ClFN4O2. The van der Waals surface area contributed by atoms with Crippen molar-refractivity contribution >= 4 is 24.0 Å². The van der Waals surface area contributed by atoms with Crippen LogP contribution in [0.25, 0.3) is 11.4 Å². The molecule has 0 unspecified atom stereocenters. The molecule has 0 atom stereocenters. The molecule has 0 saturated heterocycles. The molecule has 2 aromatic carbocycles. The van der Waals surface area contributed by atoms with Gasteiger partial charge in [0.2, 0.25) is 17.6 Å². The summed E-state index contributed by atoms with van der Waals surface area (Å²) in [5, 5.41) is 10.1. The monoisotopic (exact) mass is 418 g/mol. The molecule has 2 N–H and O–H groups in total. The van der Waals surface area contributed by atoms with Crippen LogP contribution in [0.15, 0.2) is 47.0 Å². The minimum absolute atomic E-state index is 0. The number of rotatable bonds is 8. The van der Waals surface area contributed by atoms with E-state index in [2.05, 4.69) is 20.8 Å². The van der Waals surface area contributed by atoms with E-state index in [-0.39, 0.29) is 30.6 Å². The Hall–Kier alpha value is -2.77. The van der Waals surface area contributed by atoms with Gasteiger partial charge >= 0.3 is 0 Å². The molecule has 0 aliphatic heterocycles. The number of hydrogen-bond acceptors (Lipinski definition) is 5. The highest BCUT2D eigenvalue weighted by molar-refractivity contribution is 5.91. The molecule has 0 saturated carbocycles. The van der Waals surface area contributed by atoms with Crippen LogP contribution in [0.3, 0.4) is 0 Å². The average molecular weight is 419 g/mol. The lowest BCUT2D eigenvalue weighted by molar-refractivity contribution is -0.116. The molecule has 29 heavy (non-hydrogen) atoms. The number of aryl methyl sites for hydroxylation is 2. The van der Waals surface area contributed by atoms with E-state index >= 15 is 0 Å². The van der Waals surface area contributed by atoms with Crippen molar-refractivity contribution in [2.24, 2.45) is 0 Å². The van der Waals surface area contributed by atoms with Gasteiger partial charge in [-0.3, -0.25) is 4.79 Å². The molecule has 1 heterocycles. The first-order valence-electron chi connectivity index (χ1n) is 9.24. The Kier molecular flexibility index (Phi) is 8.30. The van der Waals surface area contributed by atoms with E-state index in [1.807, 2.05) is 31.2 Å². The van der Waals surface area contributed by atoms with Gasteiger partial charge in [-0.15, -0.1) is 12.4 Å². The summed E-state index contributed by atoms with van der Waals surface area (Å²) in [4.78, 5) is 16.6. The van der Waals surface area contributed by atoms with Crippen LogP contribution in [-0.4, -0.2) is 22.6 Å². The summed E-state index contributed by atoms with van der Waals surface area (Å²) in [7, 11) is 0. The standard InChI is InChI=1S/C21H23FN4O2.ClH/c1-3-23-13-16-6-4-5-7-18(16)24-19(27)10-11-20-25-21(26-28-20)15-8-9-17(22)14(2)12-15;/h4-9,12,23H,3,10-11,13H2,1-2H3,(H,24,27);1H. The van der Waals surface area contributed by atoms with E-state index in [0.29, 0.717) is 35.8 Å². The Morgan fingerprint density at radius 2 is 2.00 bits per heavy atom. The van der Waals surface area contributed by atoms with E-state index in [1.54, 1.807) is 19.1 Å². The largest absolute Gasteiger partial charge is 0.339 e. The lowest BCUT2D eigenvalue weighted by atomic mass is 10.1. The van der Waals surface area contributed by atoms with Crippen molar-refractivity contribution in [3.63, 3.8) is 0 Å². The quantitative estimate of drug-likeness (QED) is 0.570. The number of carbonyl (C=O) groups is 1. The maximum Gasteiger partial charge on any atom is 0.227 e. The van der Waals surface area contributed by atoms with Crippen LogP contribution < -0.4 is 10.6 Å². The van der Waals surface area contributed by atoms with Crippen molar-refractivity contribution in [2.75, 3.05) is 11.9 Å². The normalized spacial score (nSPS) is 10.4. The Labute approximate surface area is 175 Å². The van der Waals surface area contributed by atoms with Gasteiger partial charge in [0.1, 0.15) is 5.82 Å². The molecule has 0 fully saturated rings. The number of nitrogens with zero attached hydrogens (tertiary/aromatic N) is 2. The fraction of sp³-hybridized carbons (Fsp3) is 0.286. The third-order valence-corrected chi connectivity index (χ3v) is 4.31. The molecule has 6 nitrogen and oxygen atoms in total. The van der Waals surface area contributed by atoms with Crippen LogP contribution in [0.2, 0.25) is 0 Å². The summed E-state index contributed by atoms with van der Waals surface area (Å²) in [6.07, 6.45) is 0.550. The van der Waals surface area contributed by atoms with Gasteiger partial charge in [0.05, 0.1) is 0 Å². The van der Waals surface area contributed by atoms with Crippen molar-refractivity contribution < 1.29 is 13.7 Å². The second kappa shape index (κ2) is 10.7. The molecule has 154 valence electrons.